The smallest absolute Gasteiger partial charge is 0.320 e. The number of hydrogen-bond donors (Lipinski definition) is 2. The molecule has 2 aromatic rings. The number of rotatable bonds is 3. The van der Waals surface area contributed by atoms with E-state index in [2.05, 4.69) is 14.9 Å². The van der Waals surface area contributed by atoms with Crippen LogP contribution < -0.4 is 10.6 Å². The highest BCUT2D eigenvalue weighted by atomic mass is 32.1. The Morgan fingerprint density at radius 3 is 2.36 bits per heavy atom. The highest BCUT2D eigenvalue weighted by Crippen LogP contribution is 2.38. The number of nitrogens with zero attached hydrogens (tertiary/aromatic N) is 2. The van der Waals surface area contributed by atoms with Gasteiger partial charge in [0.2, 0.25) is 0 Å². The molecule has 0 bridgehead atoms. The molecule has 0 saturated heterocycles. The van der Waals surface area contributed by atoms with Crippen molar-refractivity contribution in [2.24, 2.45) is 0 Å². The fourth-order valence-corrected chi connectivity index (χ4v) is 2.10. The molecule has 1 atom stereocenters. The molecule has 0 fully saturated rings. The Bertz CT molecular complexity index is 644. The van der Waals surface area contributed by atoms with Crippen LogP contribution in [0.1, 0.15) is 12.5 Å². The number of aromatic nitrogens is 2. The van der Waals surface area contributed by atoms with E-state index in [-0.39, 0.29) is 10.6 Å². The van der Waals surface area contributed by atoms with Crippen LogP contribution in [0, 0.1) is 5.82 Å². The van der Waals surface area contributed by atoms with Gasteiger partial charge in [-0.3, -0.25) is 5.32 Å². The molecular weight excluding hydrogens is 324 g/mol. The molecule has 1 unspecified atom stereocenters. The average Bonchev–Trinajstić information content (AvgIpc) is 2.90. The summed E-state index contributed by atoms with van der Waals surface area (Å²) in [7, 11) is 0. The Hall–Kier alpha value is -2.23. The van der Waals surface area contributed by atoms with Crippen LogP contribution in [0.2, 0.25) is 0 Å². The van der Waals surface area contributed by atoms with Crippen molar-refractivity contribution >= 4 is 22.6 Å². The molecule has 1 heterocycles. The molecule has 2 amide bonds. The maximum atomic E-state index is 13.4. The second kappa shape index (κ2) is 5.87. The lowest BCUT2D eigenvalue weighted by Gasteiger charge is -2.33. The van der Waals surface area contributed by atoms with Gasteiger partial charge in [0, 0.05) is 11.5 Å². The minimum atomic E-state index is -4.78. The van der Waals surface area contributed by atoms with Crippen LogP contribution in [-0.2, 0) is 5.54 Å². The first-order chi connectivity index (χ1) is 10.2. The van der Waals surface area contributed by atoms with Crippen molar-refractivity contribution < 1.29 is 22.4 Å². The zero-order valence-corrected chi connectivity index (χ0v) is 11.9. The summed E-state index contributed by atoms with van der Waals surface area (Å²) in [5, 5.41) is 7.71. The van der Waals surface area contributed by atoms with Gasteiger partial charge in [-0.25, -0.2) is 9.18 Å². The Morgan fingerprint density at radius 2 is 1.86 bits per heavy atom. The van der Waals surface area contributed by atoms with E-state index in [1.165, 1.54) is 6.20 Å². The van der Waals surface area contributed by atoms with Gasteiger partial charge >= 0.3 is 12.2 Å². The maximum Gasteiger partial charge on any atom is 0.415 e. The first-order valence-corrected chi connectivity index (χ1v) is 6.69. The van der Waals surface area contributed by atoms with Crippen LogP contribution in [0.4, 0.5) is 27.4 Å². The summed E-state index contributed by atoms with van der Waals surface area (Å²) in [6.07, 6.45) is -3.58. The molecule has 2 N–H and O–H groups in total. The van der Waals surface area contributed by atoms with Gasteiger partial charge in [0.1, 0.15) is 10.8 Å². The third-order valence-electron chi connectivity index (χ3n) is 2.95. The molecule has 1 aromatic heterocycles. The number of benzene rings is 1. The van der Waals surface area contributed by atoms with Crippen LogP contribution >= 0.6 is 11.5 Å². The van der Waals surface area contributed by atoms with Gasteiger partial charge in [-0.05, 0) is 24.6 Å². The third kappa shape index (κ3) is 3.32. The summed E-state index contributed by atoms with van der Waals surface area (Å²) in [4.78, 5) is 11.8. The SMILES string of the molecule is CC(NC(=O)Nc1cnns1)(c1ccc(F)cc1)C(F)(F)F. The van der Waals surface area contributed by atoms with Crippen molar-refractivity contribution in [2.75, 3.05) is 5.32 Å². The summed E-state index contributed by atoms with van der Waals surface area (Å²) >= 11 is 0.819. The molecule has 1 aromatic carbocycles. The van der Waals surface area contributed by atoms with Crippen molar-refractivity contribution in [2.45, 2.75) is 18.6 Å². The van der Waals surface area contributed by atoms with Crippen molar-refractivity contribution in [3.05, 3.63) is 41.8 Å². The van der Waals surface area contributed by atoms with Gasteiger partial charge in [-0.1, -0.05) is 16.6 Å². The van der Waals surface area contributed by atoms with E-state index in [0.717, 1.165) is 42.7 Å². The number of anilines is 1. The standard InChI is InChI=1S/C12H10F4N4OS/c1-11(12(14,15)16,7-2-4-8(13)5-3-7)19-10(21)18-9-6-17-20-22-9/h2-6H,1H3,(H2,18,19,21). The van der Waals surface area contributed by atoms with E-state index in [0.29, 0.717) is 0 Å². The van der Waals surface area contributed by atoms with E-state index in [4.69, 9.17) is 0 Å². The fraction of sp³-hybridized carbons (Fsp3) is 0.250. The molecule has 0 radical (unpaired) electrons. The number of nitrogens with one attached hydrogen (secondary N) is 2. The summed E-state index contributed by atoms with van der Waals surface area (Å²) in [5.41, 5.74) is -2.97. The molecule has 5 nitrogen and oxygen atoms in total. The molecule has 10 heteroatoms. The Kier molecular flexibility index (Phi) is 4.31. The highest BCUT2D eigenvalue weighted by Gasteiger charge is 2.53. The van der Waals surface area contributed by atoms with Gasteiger partial charge < -0.3 is 5.32 Å². The van der Waals surface area contributed by atoms with Crippen LogP contribution in [-0.4, -0.2) is 21.8 Å². The number of carbonyl (C=O) groups is 1. The minimum Gasteiger partial charge on any atom is -0.320 e. The van der Waals surface area contributed by atoms with Crippen LogP contribution in [0.25, 0.3) is 0 Å². The monoisotopic (exact) mass is 334 g/mol. The van der Waals surface area contributed by atoms with E-state index in [9.17, 15) is 22.4 Å². The molecule has 0 aliphatic heterocycles. The Labute approximate surface area is 126 Å². The third-order valence-corrected chi connectivity index (χ3v) is 3.53. The summed E-state index contributed by atoms with van der Waals surface area (Å²) < 4.78 is 56.5. The summed E-state index contributed by atoms with van der Waals surface area (Å²) in [6, 6.07) is 2.66. The second-order valence-corrected chi connectivity index (χ2v) is 5.28. The molecule has 22 heavy (non-hydrogen) atoms. The number of halogens is 4. The van der Waals surface area contributed by atoms with Crippen LogP contribution in [0.15, 0.2) is 30.5 Å². The molecule has 0 spiro atoms. The maximum absolute atomic E-state index is 13.4. The zero-order valence-electron chi connectivity index (χ0n) is 11.1. The molecule has 2 rings (SSSR count). The van der Waals surface area contributed by atoms with E-state index in [1.807, 2.05) is 5.32 Å². The second-order valence-electron chi connectivity index (χ2n) is 4.49. The first-order valence-electron chi connectivity index (χ1n) is 5.91. The number of carbonyl (C=O) groups excluding carboxylic acids is 1. The predicted molar refractivity (Wildman–Crippen MR) is 71.9 cm³/mol. The van der Waals surface area contributed by atoms with Crippen molar-refractivity contribution in [3.8, 4) is 0 Å². The fourth-order valence-electron chi connectivity index (χ4n) is 1.68. The molecule has 0 aliphatic carbocycles. The van der Waals surface area contributed by atoms with Gasteiger partial charge in [-0.2, -0.15) is 13.2 Å². The van der Waals surface area contributed by atoms with Gasteiger partial charge in [-0.15, -0.1) is 5.10 Å². The van der Waals surface area contributed by atoms with Crippen LogP contribution in [0.5, 0.6) is 0 Å². The van der Waals surface area contributed by atoms with Crippen molar-refractivity contribution in [1.29, 1.82) is 0 Å². The van der Waals surface area contributed by atoms with E-state index < -0.39 is 23.6 Å². The summed E-state index contributed by atoms with van der Waals surface area (Å²) in [5.74, 6) is -0.673. The highest BCUT2D eigenvalue weighted by molar-refractivity contribution is 7.10. The average molecular weight is 334 g/mol. The van der Waals surface area contributed by atoms with Gasteiger partial charge in [0.25, 0.3) is 0 Å². The first kappa shape index (κ1) is 16.1. The number of alkyl halides is 3. The number of urea groups is 1. The molecular formula is C12H10F4N4OS. The van der Waals surface area contributed by atoms with Crippen molar-refractivity contribution in [3.63, 3.8) is 0 Å². The quantitative estimate of drug-likeness (QED) is 0.847. The largest absolute Gasteiger partial charge is 0.415 e. The molecule has 0 aliphatic rings. The van der Waals surface area contributed by atoms with Crippen LogP contribution in [0.3, 0.4) is 0 Å². The number of hydrogen-bond acceptors (Lipinski definition) is 4. The lowest BCUT2D eigenvalue weighted by molar-refractivity contribution is -0.191. The lowest BCUT2D eigenvalue weighted by atomic mass is 9.91. The van der Waals surface area contributed by atoms with Gasteiger partial charge in [0.15, 0.2) is 5.54 Å². The van der Waals surface area contributed by atoms with E-state index >= 15 is 0 Å². The molecule has 0 saturated carbocycles. The predicted octanol–water partition coefficient (Wildman–Crippen LogP) is 3.28. The summed E-state index contributed by atoms with van der Waals surface area (Å²) in [6.45, 7) is 0.796. The topological polar surface area (TPSA) is 66.9 Å². The molecule has 118 valence electrons. The Balaban J connectivity index is 2.26. The zero-order chi connectivity index (χ0) is 16.4. The van der Waals surface area contributed by atoms with Gasteiger partial charge in [0.05, 0.1) is 6.20 Å². The number of amides is 2. The van der Waals surface area contributed by atoms with Crippen molar-refractivity contribution in [1.82, 2.24) is 14.9 Å². The normalized spacial score (nSPS) is 14.2. The van der Waals surface area contributed by atoms with E-state index in [1.54, 1.807) is 0 Å². The minimum absolute atomic E-state index is 0.195. The lowest BCUT2D eigenvalue weighted by Crippen LogP contribution is -2.55. The Morgan fingerprint density at radius 1 is 1.23 bits per heavy atom.